The molecule has 0 saturated heterocycles. The van der Waals surface area contributed by atoms with Crippen LogP contribution in [0, 0.1) is 0 Å². The van der Waals surface area contributed by atoms with E-state index in [4.69, 9.17) is 4.74 Å². The molecule has 0 N–H and O–H groups in total. The van der Waals surface area contributed by atoms with E-state index in [0.717, 1.165) is 10.0 Å². The molecule has 0 amide bonds. The summed E-state index contributed by atoms with van der Waals surface area (Å²) in [6, 6.07) is 7.18. The van der Waals surface area contributed by atoms with Crippen LogP contribution in [0.4, 0.5) is 8.78 Å². The van der Waals surface area contributed by atoms with E-state index >= 15 is 0 Å². The number of hydrogen-bond donors (Lipinski definition) is 0. The maximum absolute atomic E-state index is 12.1. The lowest BCUT2D eigenvalue weighted by Gasteiger charge is -2.14. The Kier molecular flexibility index (Phi) is 4.48. The van der Waals surface area contributed by atoms with Crippen LogP contribution in [0.5, 0.6) is 0 Å². The molecule has 1 atom stereocenters. The fraction of sp³-hybridized carbons (Fsp3) is 0.400. The zero-order valence-corrected chi connectivity index (χ0v) is 9.30. The molecule has 0 aliphatic rings. The normalized spacial score (nSPS) is 13.2. The molecule has 0 spiro atoms. The van der Waals surface area contributed by atoms with Crippen molar-refractivity contribution in [1.82, 2.24) is 0 Å². The van der Waals surface area contributed by atoms with Gasteiger partial charge in [-0.15, -0.1) is 0 Å². The lowest BCUT2D eigenvalue weighted by Crippen LogP contribution is -2.06. The zero-order valence-electron chi connectivity index (χ0n) is 7.71. The van der Waals surface area contributed by atoms with Gasteiger partial charge < -0.3 is 4.74 Å². The van der Waals surface area contributed by atoms with E-state index in [0.29, 0.717) is 0 Å². The molecule has 0 aliphatic heterocycles. The van der Waals surface area contributed by atoms with Crippen LogP contribution < -0.4 is 0 Å². The highest BCUT2D eigenvalue weighted by Gasteiger charge is 2.16. The van der Waals surface area contributed by atoms with Crippen LogP contribution in [-0.4, -0.2) is 13.5 Å². The minimum Gasteiger partial charge on any atom is -0.377 e. The first kappa shape index (κ1) is 11.6. The van der Waals surface area contributed by atoms with Crippen LogP contribution in [0.2, 0.25) is 0 Å². The second kappa shape index (κ2) is 5.41. The molecular formula is C10H11BrF2O. The highest BCUT2D eigenvalue weighted by atomic mass is 79.9. The van der Waals surface area contributed by atoms with E-state index in [9.17, 15) is 8.78 Å². The van der Waals surface area contributed by atoms with Crippen molar-refractivity contribution in [3.63, 3.8) is 0 Å². The Balaban J connectivity index is 2.73. The zero-order chi connectivity index (χ0) is 10.6. The lowest BCUT2D eigenvalue weighted by atomic mass is 10.1. The third-order valence-electron chi connectivity index (χ3n) is 1.92. The lowest BCUT2D eigenvalue weighted by molar-refractivity contribution is 0.0304. The summed E-state index contributed by atoms with van der Waals surface area (Å²) in [4.78, 5) is 0. The van der Waals surface area contributed by atoms with Gasteiger partial charge in [0.15, 0.2) is 0 Å². The van der Waals surface area contributed by atoms with Gasteiger partial charge in [0, 0.05) is 18.0 Å². The monoisotopic (exact) mass is 264 g/mol. The van der Waals surface area contributed by atoms with Crippen molar-refractivity contribution in [2.45, 2.75) is 19.0 Å². The van der Waals surface area contributed by atoms with Crippen molar-refractivity contribution in [3.05, 3.63) is 34.3 Å². The molecule has 1 rings (SSSR count). The summed E-state index contributed by atoms with van der Waals surface area (Å²) in [5.74, 6) is 0. The molecule has 0 saturated carbocycles. The third kappa shape index (κ3) is 3.35. The molecule has 14 heavy (non-hydrogen) atoms. The fourth-order valence-corrected chi connectivity index (χ4v) is 1.47. The van der Waals surface area contributed by atoms with E-state index in [2.05, 4.69) is 15.9 Å². The Hall–Kier alpha value is -0.480. The standard InChI is InChI=1S/C10H11BrF2O/c1-14-9(6-10(12)13)7-2-4-8(11)5-3-7/h2-5,9-10H,6H2,1H3. The second-order valence-corrected chi connectivity index (χ2v) is 3.82. The van der Waals surface area contributed by atoms with E-state index in [1.807, 2.05) is 12.1 Å². The van der Waals surface area contributed by atoms with Crippen LogP contribution in [0.3, 0.4) is 0 Å². The fourth-order valence-electron chi connectivity index (χ4n) is 1.21. The Labute approximate surface area is 90.2 Å². The maximum atomic E-state index is 12.1. The van der Waals surface area contributed by atoms with Crippen molar-refractivity contribution in [2.24, 2.45) is 0 Å². The predicted molar refractivity (Wildman–Crippen MR) is 54.5 cm³/mol. The van der Waals surface area contributed by atoms with Gasteiger partial charge in [0.25, 0.3) is 0 Å². The Morgan fingerprint density at radius 3 is 2.29 bits per heavy atom. The average molecular weight is 265 g/mol. The van der Waals surface area contributed by atoms with E-state index in [1.165, 1.54) is 7.11 Å². The summed E-state index contributed by atoms with van der Waals surface area (Å²) in [6.45, 7) is 0. The molecule has 0 fully saturated rings. The van der Waals surface area contributed by atoms with Crippen molar-refractivity contribution in [2.75, 3.05) is 7.11 Å². The molecule has 0 aliphatic carbocycles. The quantitative estimate of drug-likeness (QED) is 0.804. The average Bonchev–Trinajstić information content (AvgIpc) is 2.15. The molecule has 1 aromatic carbocycles. The minimum absolute atomic E-state index is 0.266. The first-order valence-corrected chi connectivity index (χ1v) is 4.99. The number of halogens is 3. The van der Waals surface area contributed by atoms with Crippen LogP contribution in [-0.2, 0) is 4.74 Å². The number of methoxy groups -OCH3 is 1. The Morgan fingerprint density at radius 2 is 1.86 bits per heavy atom. The number of hydrogen-bond acceptors (Lipinski definition) is 1. The van der Waals surface area contributed by atoms with Crippen molar-refractivity contribution >= 4 is 15.9 Å². The van der Waals surface area contributed by atoms with Gasteiger partial charge in [0.05, 0.1) is 6.10 Å². The summed E-state index contributed by atoms with van der Waals surface area (Å²) in [5, 5.41) is 0. The number of benzene rings is 1. The molecule has 1 nitrogen and oxygen atoms in total. The van der Waals surface area contributed by atoms with Crippen molar-refractivity contribution in [1.29, 1.82) is 0 Å². The van der Waals surface area contributed by atoms with Crippen LogP contribution in [0.15, 0.2) is 28.7 Å². The maximum Gasteiger partial charge on any atom is 0.241 e. The summed E-state index contributed by atoms with van der Waals surface area (Å²) >= 11 is 3.28. The SMILES string of the molecule is COC(CC(F)F)c1ccc(Br)cc1. The summed E-state index contributed by atoms with van der Waals surface area (Å²) in [7, 11) is 1.44. The second-order valence-electron chi connectivity index (χ2n) is 2.90. The Morgan fingerprint density at radius 1 is 1.29 bits per heavy atom. The summed E-state index contributed by atoms with van der Waals surface area (Å²) in [6.07, 6.45) is -3.13. The third-order valence-corrected chi connectivity index (χ3v) is 2.45. The molecule has 0 aromatic heterocycles. The van der Waals surface area contributed by atoms with Crippen LogP contribution >= 0.6 is 15.9 Å². The van der Waals surface area contributed by atoms with Gasteiger partial charge in [-0.05, 0) is 17.7 Å². The molecule has 1 unspecified atom stereocenters. The summed E-state index contributed by atoms with van der Waals surface area (Å²) < 4.78 is 30.2. The molecule has 78 valence electrons. The number of alkyl halides is 2. The molecule has 4 heteroatoms. The molecule has 0 heterocycles. The summed E-state index contributed by atoms with van der Waals surface area (Å²) in [5.41, 5.74) is 0.774. The first-order chi connectivity index (χ1) is 6.63. The van der Waals surface area contributed by atoms with Gasteiger partial charge in [-0.2, -0.15) is 0 Å². The number of ether oxygens (including phenoxy) is 1. The molecule has 0 radical (unpaired) electrons. The van der Waals surface area contributed by atoms with Crippen LogP contribution in [0.25, 0.3) is 0 Å². The molecule has 1 aromatic rings. The van der Waals surface area contributed by atoms with E-state index in [-0.39, 0.29) is 6.42 Å². The smallest absolute Gasteiger partial charge is 0.241 e. The van der Waals surface area contributed by atoms with Gasteiger partial charge in [-0.25, -0.2) is 8.78 Å². The van der Waals surface area contributed by atoms with Gasteiger partial charge in [0.2, 0.25) is 6.43 Å². The largest absolute Gasteiger partial charge is 0.377 e. The van der Waals surface area contributed by atoms with Gasteiger partial charge in [-0.3, -0.25) is 0 Å². The van der Waals surface area contributed by atoms with Crippen molar-refractivity contribution in [3.8, 4) is 0 Å². The van der Waals surface area contributed by atoms with E-state index in [1.54, 1.807) is 12.1 Å². The first-order valence-electron chi connectivity index (χ1n) is 4.20. The highest BCUT2D eigenvalue weighted by molar-refractivity contribution is 9.10. The van der Waals surface area contributed by atoms with E-state index < -0.39 is 12.5 Å². The molecule has 0 bridgehead atoms. The minimum atomic E-state index is -2.34. The topological polar surface area (TPSA) is 9.23 Å². The van der Waals surface area contributed by atoms with Crippen molar-refractivity contribution < 1.29 is 13.5 Å². The Bertz CT molecular complexity index is 274. The number of rotatable bonds is 4. The van der Waals surface area contributed by atoms with Crippen LogP contribution in [0.1, 0.15) is 18.1 Å². The predicted octanol–water partition coefficient (Wildman–Crippen LogP) is 3.79. The van der Waals surface area contributed by atoms with Gasteiger partial charge in [0.1, 0.15) is 0 Å². The molecular weight excluding hydrogens is 254 g/mol. The van der Waals surface area contributed by atoms with Gasteiger partial charge >= 0.3 is 0 Å². The highest BCUT2D eigenvalue weighted by Crippen LogP contribution is 2.24. The van der Waals surface area contributed by atoms with Gasteiger partial charge in [-0.1, -0.05) is 28.1 Å².